The second-order valence-electron chi connectivity index (χ2n) is 3.95. The van der Waals surface area contributed by atoms with E-state index in [0.29, 0.717) is 11.3 Å². The van der Waals surface area contributed by atoms with Gasteiger partial charge < -0.3 is 9.84 Å². The van der Waals surface area contributed by atoms with E-state index in [4.69, 9.17) is 4.74 Å². The van der Waals surface area contributed by atoms with E-state index in [-0.39, 0.29) is 12.3 Å². The summed E-state index contributed by atoms with van der Waals surface area (Å²) in [4.78, 5) is 0. The summed E-state index contributed by atoms with van der Waals surface area (Å²) in [5.41, 5.74) is 0.912. The van der Waals surface area contributed by atoms with E-state index >= 15 is 0 Å². The van der Waals surface area contributed by atoms with E-state index in [0.717, 1.165) is 0 Å². The van der Waals surface area contributed by atoms with Crippen LogP contribution in [0.3, 0.4) is 0 Å². The van der Waals surface area contributed by atoms with Crippen molar-refractivity contribution in [2.24, 2.45) is 0 Å². The van der Waals surface area contributed by atoms with Crippen molar-refractivity contribution in [2.75, 3.05) is 7.11 Å². The topological polar surface area (TPSA) is 60.2 Å². The van der Waals surface area contributed by atoms with Crippen LogP contribution >= 0.6 is 0 Å². The molecule has 0 saturated heterocycles. The Hall–Kier alpha value is -1.95. The molecule has 0 radical (unpaired) electrons. The van der Waals surface area contributed by atoms with Gasteiger partial charge in [-0.3, -0.25) is 0 Å². The van der Waals surface area contributed by atoms with Crippen molar-refractivity contribution in [1.82, 2.24) is 15.0 Å². The number of benzene rings is 1. The summed E-state index contributed by atoms with van der Waals surface area (Å²) < 4.78 is 20.3. The van der Waals surface area contributed by atoms with Crippen LogP contribution in [0, 0.1) is 5.82 Å². The van der Waals surface area contributed by atoms with E-state index < -0.39 is 11.9 Å². The number of rotatable bonds is 4. The number of aliphatic hydroxyl groups excluding tert-OH is 1. The van der Waals surface area contributed by atoms with Crippen LogP contribution in [0.2, 0.25) is 0 Å². The Morgan fingerprint density at radius 1 is 1.50 bits per heavy atom. The van der Waals surface area contributed by atoms with E-state index in [1.165, 1.54) is 11.8 Å². The van der Waals surface area contributed by atoms with E-state index in [2.05, 4.69) is 10.3 Å². The maximum absolute atomic E-state index is 13.9. The smallest absolute Gasteiger partial charge is 0.170 e. The number of aliphatic hydroxyl groups is 1. The molecule has 0 aliphatic heterocycles. The third-order valence-corrected chi connectivity index (χ3v) is 2.58. The fourth-order valence-corrected chi connectivity index (χ4v) is 1.59. The Kier molecular flexibility index (Phi) is 3.57. The Bertz CT molecular complexity index is 540. The molecule has 1 heterocycles. The number of methoxy groups -OCH3 is 1. The molecule has 0 bridgehead atoms. The summed E-state index contributed by atoms with van der Waals surface area (Å²) in [5, 5.41) is 17.0. The molecule has 0 aliphatic carbocycles. The number of halogens is 1. The molecule has 1 N–H and O–H groups in total. The molecular formula is C12H14FN3O2. The zero-order chi connectivity index (χ0) is 13.1. The van der Waals surface area contributed by atoms with Gasteiger partial charge in [0.05, 0.1) is 26.0 Å². The van der Waals surface area contributed by atoms with Gasteiger partial charge in [0.1, 0.15) is 5.69 Å². The van der Waals surface area contributed by atoms with Crippen LogP contribution in [-0.2, 0) is 6.54 Å². The van der Waals surface area contributed by atoms with Crippen LogP contribution in [0.1, 0.15) is 24.3 Å². The minimum Gasteiger partial charge on any atom is -0.494 e. The van der Waals surface area contributed by atoms with Crippen LogP contribution in [0.4, 0.5) is 4.39 Å². The van der Waals surface area contributed by atoms with Gasteiger partial charge in [0.15, 0.2) is 11.6 Å². The normalized spacial score (nSPS) is 12.4. The van der Waals surface area contributed by atoms with Crippen LogP contribution in [-0.4, -0.2) is 27.2 Å². The van der Waals surface area contributed by atoms with Crippen molar-refractivity contribution in [3.05, 3.63) is 41.5 Å². The van der Waals surface area contributed by atoms with Crippen molar-refractivity contribution >= 4 is 0 Å². The number of hydrogen-bond acceptors (Lipinski definition) is 4. The van der Waals surface area contributed by atoms with E-state index in [1.54, 1.807) is 31.3 Å². The highest BCUT2D eigenvalue weighted by atomic mass is 19.1. The molecule has 1 aromatic carbocycles. The van der Waals surface area contributed by atoms with Gasteiger partial charge in [-0.1, -0.05) is 17.3 Å². The number of ether oxygens (including phenoxy) is 1. The first-order valence-electron chi connectivity index (χ1n) is 5.51. The van der Waals surface area contributed by atoms with Crippen molar-refractivity contribution in [2.45, 2.75) is 19.6 Å². The third-order valence-electron chi connectivity index (χ3n) is 2.58. The highest BCUT2D eigenvalue weighted by molar-refractivity contribution is 5.31. The lowest BCUT2D eigenvalue weighted by atomic mass is 10.2. The molecule has 0 fully saturated rings. The largest absolute Gasteiger partial charge is 0.494 e. The summed E-state index contributed by atoms with van der Waals surface area (Å²) in [6.07, 6.45) is 0.901. The summed E-state index contributed by atoms with van der Waals surface area (Å²) in [6, 6.07) is 4.92. The Labute approximate surface area is 104 Å². The second-order valence-corrected chi connectivity index (χ2v) is 3.95. The van der Waals surface area contributed by atoms with Gasteiger partial charge in [0.2, 0.25) is 0 Å². The predicted octanol–water partition coefficient (Wildman–Crippen LogP) is 1.53. The van der Waals surface area contributed by atoms with Crippen molar-refractivity contribution in [3.63, 3.8) is 0 Å². The number of aromatic nitrogens is 3. The van der Waals surface area contributed by atoms with E-state index in [9.17, 15) is 9.50 Å². The molecule has 1 atom stereocenters. The second kappa shape index (κ2) is 5.14. The van der Waals surface area contributed by atoms with Gasteiger partial charge in [0.25, 0.3) is 0 Å². The first-order valence-corrected chi connectivity index (χ1v) is 5.51. The molecule has 18 heavy (non-hydrogen) atoms. The summed E-state index contributed by atoms with van der Waals surface area (Å²) in [7, 11) is 1.42. The quantitative estimate of drug-likeness (QED) is 0.895. The molecule has 0 saturated carbocycles. The molecule has 0 aliphatic rings. The Morgan fingerprint density at radius 3 is 2.89 bits per heavy atom. The highest BCUT2D eigenvalue weighted by Gasteiger charge is 2.11. The zero-order valence-corrected chi connectivity index (χ0v) is 10.2. The maximum Gasteiger partial charge on any atom is 0.170 e. The van der Waals surface area contributed by atoms with E-state index in [1.807, 2.05) is 0 Å². The van der Waals surface area contributed by atoms with Crippen molar-refractivity contribution in [3.8, 4) is 5.75 Å². The van der Waals surface area contributed by atoms with Gasteiger partial charge in [-0.15, -0.1) is 5.10 Å². The summed E-state index contributed by atoms with van der Waals surface area (Å²) in [5.74, 6) is -0.211. The van der Waals surface area contributed by atoms with Crippen LogP contribution in [0.5, 0.6) is 5.75 Å². The zero-order valence-electron chi connectivity index (χ0n) is 10.2. The SMILES string of the molecule is COc1cccc(Cn2cc(C(C)O)nn2)c1F. The minimum absolute atomic E-state index is 0.198. The van der Waals surface area contributed by atoms with Gasteiger partial charge in [-0.25, -0.2) is 9.07 Å². The molecule has 0 amide bonds. The maximum atomic E-state index is 13.9. The van der Waals surface area contributed by atoms with Gasteiger partial charge in [-0.05, 0) is 13.0 Å². The summed E-state index contributed by atoms with van der Waals surface area (Å²) >= 11 is 0. The predicted molar refractivity (Wildman–Crippen MR) is 62.7 cm³/mol. The first kappa shape index (κ1) is 12.5. The average molecular weight is 251 g/mol. The summed E-state index contributed by atoms with van der Waals surface area (Å²) in [6.45, 7) is 1.84. The van der Waals surface area contributed by atoms with Gasteiger partial charge >= 0.3 is 0 Å². The fourth-order valence-electron chi connectivity index (χ4n) is 1.59. The monoisotopic (exact) mass is 251 g/mol. The third kappa shape index (κ3) is 2.48. The number of nitrogens with zero attached hydrogens (tertiary/aromatic N) is 3. The van der Waals surface area contributed by atoms with Crippen molar-refractivity contribution < 1.29 is 14.2 Å². The molecular weight excluding hydrogens is 237 g/mol. The van der Waals surface area contributed by atoms with Crippen LogP contribution in [0.15, 0.2) is 24.4 Å². The molecule has 2 aromatic rings. The lowest BCUT2D eigenvalue weighted by Gasteiger charge is -2.06. The highest BCUT2D eigenvalue weighted by Crippen LogP contribution is 2.20. The fraction of sp³-hybridized carbons (Fsp3) is 0.333. The molecule has 6 heteroatoms. The molecule has 0 spiro atoms. The van der Waals surface area contributed by atoms with Crippen LogP contribution < -0.4 is 4.74 Å². The lowest BCUT2D eigenvalue weighted by molar-refractivity contribution is 0.194. The Balaban J connectivity index is 2.23. The van der Waals surface area contributed by atoms with Crippen LogP contribution in [0.25, 0.3) is 0 Å². The van der Waals surface area contributed by atoms with Gasteiger partial charge in [0, 0.05) is 5.56 Å². The molecule has 1 aromatic heterocycles. The lowest BCUT2D eigenvalue weighted by Crippen LogP contribution is -2.03. The molecule has 1 unspecified atom stereocenters. The van der Waals surface area contributed by atoms with Gasteiger partial charge in [-0.2, -0.15) is 0 Å². The Morgan fingerprint density at radius 2 is 2.28 bits per heavy atom. The minimum atomic E-state index is -0.686. The van der Waals surface area contributed by atoms with Crippen molar-refractivity contribution in [1.29, 1.82) is 0 Å². The average Bonchev–Trinajstić information content (AvgIpc) is 2.80. The molecule has 2 rings (SSSR count). The number of hydrogen-bond donors (Lipinski definition) is 1. The first-order chi connectivity index (χ1) is 8.61. The standard InChI is InChI=1S/C12H14FN3O2/c1-8(17)10-7-16(15-14-10)6-9-4-3-5-11(18-2)12(9)13/h3-5,7-8,17H,6H2,1-2H3. The molecule has 5 nitrogen and oxygen atoms in total. The molecule has 96 valence electrons.